The number of aromatic hydroxyl groups is 1. The Morgan fingerprint density at radius 1 is 0.431 bits per heavy atom. The van der Waals surface area contributed by atoms with Crippen LogP contribution in [-0.4, -0.2) is 15.1 Å². The summed E-state index contributed by atoms with van der Waals surface area (Å²) in [5.41, 5.74) is 11.6. The second-order valence-corrected chi connectivity index (χ2v) is 12.5. The third-order valence-electron chi connectivity index (χ3n) is 8.99. The summed E-state index contributed by atoms with van der Waals surface area (Å²) >= 11 is 0. The first-order valence-electron chi connectivity index (χ1n) is 17.1. The monoisotopic (exact) mass is 657 g/mol. The highest BCUT2D eigenvalue weighted by atomic mass is 16.3. The molecular formula is C47H35N3O. The largest absolute Gasteiger partial charge is 0.507 e. The molecule has 4 heteroatoms. The fourth-order valence-electron chi connectivity index (χ4n) is 6.51. The molecular weight excluding hydrogens is 623 g/mol. The van der Waals surface area contributed by atoms with Gasteiger partial charge in [-0.3, -0.25) is 4.90 Å². The van der Waals surface area contributed by atoms with Gasteiger partial charge in [-0.05, 0) is 107 Å². The fourth-order valence-corrected chi connectivity index (χ4v) is 6.51. The summed E-state index contributed by atoms with van der Waals surface area (Å²) in [4.78, 5) is 12.2. The van der Waals surface area contributed by atoms with Crippen molar-refractivity contribution >= 4 is 17.2 Å². The van der Waals surface area contributed by atoms with E-state index in [0.717, 1.165) is 62.7 Å². The molecule has 0 spiro atoms. The summed E-state index contributed by atoms with van der Waals surface area (Å²) in [6.07, 6.45) is 2.58. The Bertz CT molecular complexity index is 2340. The lowest BCUT2D eigenvalue weighted by Gasteiger charge is -2.25. The summed E-state index contributed by atoms with van der Waals surface area (Å²) in [6, 6.07) is 64.1. The van der Waals surface area contributed by atoms with Crippen LogP contribution in [0.25, 0.3) is 44.8 Å². The van der Waals surface area contributed by atoms with Crippen LogP contribution in [0.3, 0.4) is 0 Å². The number of para-hydroxylation sites is 1. The molecule has 0 radical (unpaired) electrons. The molecule has 0 aliphatic rings. The van der Waals surface area contributed by atoms with Crippen LogP contribution in [-0.2, 0) is 6.42 Å². The smallest absolute Gasteiger partial charge is 0.137 e. The highest BCUT2D eigenvalue weighted by Gasteiger charge is 2.18. The molecule has 0 fully saturated rings. The normalized spacial score (nSPS) is 10.9. The molecule has 6 aromatic carbocycles. The number of benzene rings is 6. The first-order valence-corrected chi connectivity index (χ1v) is 17.1. The van der Waals surface area contributed by atoms with E-state index in [-0.39, 0.29) is 5.75 Å². The molecule has 1 N–H and O–H groups in total. The van der Waals surface area contributed by atoms with E-state index in [2.05, 4.69) is 114 Å². The third kappa shape index (κ3) is 7.03. The van der Waals surface area contributed by atoms with Crippen molar-refractivity contribution in [2.75, 3.05) is 4.90 Å². The minimum absolute atomic E-state index is 0.194. The zero-order valence-corrected chi connectivity index (χ0v) is 28.0. The van der Waals surface area contributed by atoms with E-state index in [1.54, 1.807) is 6.07 Å². The average molecular weight is 658 g/mol. The van der Waals surface area contributed by atoms with Gasteiger partial charge in [0.15, 0.2) is 0 Å². The molecule has 4 nitrogen and oxygen atoms in total. The molecule has 8 aromatic rings. The molecule has 51 heavy (non-hydrogen) atoms. The van der Waals surface area contributed by atoms with Crippen molar-refractivity contribution in [2.45, 2.75) is 6.42 Å². The molecule has 0 saturated carbocycles. The van der Waals surface area contributed by atoms with Gasteiger partial charge in [0.25, 0.3) is 0 Å². The molecule has 0 aliphatic heterocycles. The molecule has 8 rings (SSSR count). The van der Waals surface area contributed by atoms with Crippen LogP contribution in [0.5, 0.6) is 5.75 Å². The van der Waals surface area contributed by atoms with Crippen molar-refractivity contribution in [1.29, 1.82) is 0 Å². The molecule has 0 saturated heterocycles. The molecule has 0 unspecified atom stereocenters. The van der Waals surface area contributed by atoms with Crippen molar-refractivity contribution < 1.29 is 5.11 Å². The molecule has 0 atom stereocenters. The van der Waals surface area contributed by atoms with Crippen molar-refractivity contribution in [2.24, 2.45) is 0 Å². The quantitative estimate of drug-likeness (QED) is 0.168. The van der Waals surface area contributed by atoms with Crippen molar-refractivity contribution in [3.05, 3.63) is 205 Å². The lowest BCUT2D eigenvalue weighted by atomic mass is 9.95. The molecule has 0 amide bonds. The van der Waals surface area contributed by atoms with Gasteiger partial charge in [-0.25, -0.2) is 9.97 Å². The average Bonchev–Trinajstić information content (AvgIpc) is 3.20. The number of hydrogen-bond donors (Lipinski definition) is 1. The summed E-state index contributed by atoms with van der Waals surface area (Å²) in [6.45, 7) is 0. The molecule has 2 aromatic heterocycles. The van der Waals surface area contributed by atoms with Gasteiger partial charge in [-0.1, -0.05) is 121 Å². The van der Waals surface area contributed by atoms with Gasteiger partial charge >= 0.3 is 0 Å². The van der Waals surface area contributed by atoms with Crippen LogP contribution >= 0.6 is 0 Å². The van der Waals surface area contributed by atoms with Gasteiger partial charge in [-0.15, -0.1) is 0 Å². The predicted octanol–water partition coefficient (Wildman–Crippen LogP) is 11.9. The molecule has 0 bridgehead atoms. The fraction of sp³-hybridized carbons (Fsp3) is 0.0213. The number of phenolic OH excluding ortho intramolecular Hbond substituents is 1. The Kier molecular flexibility index (Phi) is 8.87. The van der Waals surface area contributed by atoms with Gasteiger partial charge in [-0.2, -0.15) is 0 Å². The first kappa shape index (κ1) is 31.5. The molecule has 0 aliphatic carbocycles. The molecule has 244 valence electrons. The second-order valence-electron chi connectivity index (χ2n) is 12.5. The summed E-state index contributed by atoms with van der Waals surface area (Å²) < 4.78 is 0. The predicted molar refractivity (Wildman–Crippen MR) is 209 cm³/mol. The van der Waals surface area contributed by atoms with Gasteiger partial charge in [0.1, 0.15) is 11.6 Å². The summed E-state index contributed by atoms with van der Waals surface area (Å²) in [5.74, 6) is 1.01. The Morgan fingerprint density at radius 3 is 1.69 bits per heavy atom. The number of pyridine rings is 2. The number of aromatic nitrogens is 2. The van der Waals surface area contributed by atoms with Crippen LogP contribution in [0.4, 0.5) is 17.2 Å². The van der Waals surface area contributed by atoms with Crippen molar-refractivity contribution in [3.63, 3.8) is 0 Å². The maximum Gasteiger partial charge on any atom is 0.137 e. The van der Waals surface area contributed by atoms with Crippen LogP contribution in [0.15, 0.2) is 194 Å². The van der Waals surface area contributed by atoms with Crippen LogP contribution in [0, 0.1) is 0 Å². The molecule has 2 heterocycles. The zero-order valence-electron chi connectivity index (χ0n) is 28.0. The van der Waals surface area contributed by atoms with Crippen LogP contribution in [0.2, 0.25) is 0 Å². The Balaban J connectivity index is 1.34. The standard InChI is InChI=1S/C47H35N3O/c51-46-25-24-35(27-34-15-5-1-6-16-34)28-43(46)45-33-39(37-19-9-3-10-20-37)32-44(49-45)40-29-38(36-17-7-2-8-18-36)30-42(31-40)50(41-21-11-4-12-22-41)47-23-13-14-26-48-47/h1-26,28-33,51H,27H2. The maximum atomic E-state index is 11.3. The number of anilines is 3. The summed E-state index contributed by atoms with van der Waals surface area (Å²) in [7, 11) is 0. The van der Waals surface area contributed by atoms with E-state index < -0.39 is 0 Å². The minimum atomic E-state index is 0.194. The number of phenols is 1. The first-order chi connectivity index (χ1) is 25.2. The number of hydrogen-bond acceptors (Lipinski definition) is 4. The van der Waals surface area contributed by atoms with E-state index in [0.29, 0.717) is 11.3 Å². The maximum absolute atomic E-state index is 11.3. The number of rotatable bonds is 9. The van der Waals surface area contributed by atoms with Crippen LogP contribution < -0.4 is 4.90 Å². The van der Waals surface area contributed by atoms with Crippen molar-refractivity contribution in [1.82, 2.24) is 9.97 Å². The van der Waals surface area contributed by atoms with Gasteiger partial charge in [0.05, 0.1) is 11.4 Å². The second kappa shape index (κ2) is 14.4. The SMILES string of the molecule is Oc1ccc(Cc2ccccc2)cc1-c1cc(-c2ccccc2)cc(-c2cc(-c3ccccc3)cc(N(c3ccccc3)c3ccccn3)c2)n1. The zero-order chi connectivity index (χ0) is 34.4. The Labute approximate surface area is 298 Å². The van der Waals surface area contributed by atoms with E-state index in [1.165, 1.54) is 5.56 Å². The van der Waals surface area contributed by atoms with Gasteiger partial charge in [0, 0.05) is 28.7 Å². The van der Waals surface area contributed by atoms with Crippen molar-refractivity contribution in [3.8, 4) is 50.5 Å². The van der Waals surface area contributed by atoms with Gasteiger partial charge < -0.3 is 5.11 Å². The summed E-state index contributed by atoms with van der Waals surface area (Å²) in [5, 5.41) is 11.3. The third-order valence-corrected chi connectivity index (χ3v) is 8.99. The minimum Gasteiger partial charge on any atom is -0.507 e. The van der Waals surface area contributed by atoms with E-state index in [9.17, 15) is 5.11 Å². The highest BCUT2D eigenvalue weighted by Crippen LogP contribution is 2.40. The van der Waals surface area contributed by atoms with E-state index >= 15 is 0 Å². The van der Waals surface area contributed by atoms with Gasteiger partial charge in [0.2, 0.25) is 0 Å². The lowest BCUT2D eigenvalue weighted by Crippen LogP contribution is -2.11. The highest BCUT2D eigenvalue weighted by molar-refractivity contribution is 5.85. The number of nitrogens with zero attached hydrogens (tertiary/aromatic N) is 3. The Hall–Kier alpha value is -6.78. The van der Waals surface area contributed by atoms with E-state index in [4.69, 9.17) is 9.97 Å². The van der Waals surface area contributed by atoms with Crippen LogP contribution in [0.1, 0.15) is 11.1 Å². The Morgan fingerprint density at radius 2 is 1.02 bits per heavy atom. The lowest BCUT2D eigenvalue weighted by molar-refractivity contribution is 0.477. The van der Waals surface area contributed by atoms with E-state index in [1.807, 2.05) is 79.0 Å². The topological polar surface area (TPSA) is 49.2 Å².